The van der Waals surface area contributed by atoms with Crippen LogP contribution in [0, 0.1) is 0 Å². The number of nitrogens with zero attached hydrogens (tertiary/aromatic N) is 2. The Labute approximate surface area is 129 Å². The van der Waals surface area contributed by atoms with E-state index in [4.69, 9.17) is 5.73 Å². The summed E-state index contributed by atoms with van der Waals surface area (Å²) in [6, 6.07) is 4.83. The Morgan fingerprint density at radius 3 is 2.45 bits per heavy atom. The highest BCUT2D eigenvalue weighted by Gasteiger charge is 2.25. The first kappa shape index (κ1) is 17.4. The highest BCUT2D eigenvalue weighted by atomic mass is 79.9. The second-order valence-corrected chi connectivity index (χ2v) is 7.60. The molecule has 1 aromatic carbocycles. The van der Waals surface area contributed by atoms with E-state index >= 15 is 0 Å². The number of nitrogen functional groups attached to an aromatic ring is 1. The lowest BCUT2D eigenvalue weighted by Crippen LogP contribution is -2.33. The molecule has 1 rings (SSSR count). The van der Waals surface area contributed by atoms with Crippen molar-refractivity contribution < 1.29 is 8.42 Å². The molecule has 0 spiro atoms. The third kappa shape index (κ3) is 4.44. The fourth-order valence-corrected chi connectivity index (χ4v) is 4.32. The first-order valence-corrected chi connectivity index (χ1v) is 8.72. The summed E-state index contributed by atoms with van der Waals surface area (Å²) in [6.07, 6.45) is 0.792. The molecule has 1 aromatic rings. The van der Waals surface area contributed by atoms with Gasteiger partial charge in [0.2, 0.25) is 10.0 Å². The molecule has 0 bridgehead atoms. The van der Waals surface area contributed by atoms with Gasteiger partial charge >= 0.3 is 0 Å². The van der Waals surface area contributed by atoms with Crippen molar-refractivity contribution in [2.75, 3.05) is 39.5 Å². The van der Waals surface area contributed by atoms with E-state index < -0.39 is 10.0 Å². The van der Waals surface area contributed by atoms with Gasteiger partial charge < -0.3 is 10.6 Å². The lowest BCUT2D eigenvalue weighted by molar-refractivity contribution is 0.356. The molecule has 0 heterocycles. The zero-order chi connectivity index (χ0) is 15.3. The Morgan fingerprint density at radius 2 is 1.90 bits per heavy atom. The molecular weight excluding hydrogens is 342 g/mol. The van der Waals surface area contributed by atoms with Crippen molar-refractivity contribution in [1.29, 1.82) is 0 Å². The van der Waals surface area contributed by atoms with E-state index in [0.29, 0.717) is 23.2 Å². The summed E-state index contributed by atoms with van der Waals surface area (Å²) in [5, 5.41) is 0. The van der Waals surface area contributed by atoms with Gasteiger partial charge in [-0.2, -0.15) is 4.31 Å². The second-order valence-electron chi connectivity index (χ2n) is 4.84. The summed E-state index contributed by atoms with van der Waals surface area (Å²) in [5.74, 6) is 0. The minimum absolute atomic E-state index is 0.226. The monoisotopic (exact) mass is 363 g/mol. The lowest BCUT2D eigenvalue weighted by atomic mass is 10.3. The van der Waals surface area contributed by atoms with Crippen molar-refractivity contribution >= 4 is 31.6 Å². The Balaban J connectivity index is 2.97. The topological polar surface area (TPSA) is 66.6 Å². The van der Waals surface area contributed by atoms with E-state index in [1.54, 1.807) is 12.1 Å². The number of halogens is 1. The first-order valence-electron chi connectivity index (χ1n) is 6.49. The van der Waals surface area contributed by atoms with Crippen molar-refractivity contribution in [2.24, 2.45) is 0 Å². The van der Waals surface area contributed by atoms with Gasteiger partial charge in [-0.25, -0.2) is 8.42 Å². The van der Waals surface area contributed by atoms with Crippen molar-refractivity contribution in [3.63, 3.8) is 0 Å². The SMILES string of the molecule is CCN(CCCN(C)C)S(=O)(=O)c1cc(N)ccc1Br. The average Bonchev–Trinajstić information content (AvgIpc) is 2.36. The highest BCUT2D eigenvalue weighted by molar-refractivity contribution is 9.10. The maximum absolute atomic E-state index is 12.6. The predicted octanol–water partition coefficient (Wildman–Crippen LogP) is 1.99. The Kier molecular flexibility index (Phi) is 6.44. The summed E-state index contributed by atoms with van der Waals surface area (Å²) < 4.78 is 27.3. The van der Waals surface area contributed by atoms with Crippen molar-refractivity contribution in [3.05, 3.63) is 22.7 Å². The van der Waals surface area contributed by atoms with Crippen LogP contribution in [0.2, 0.25) is 0 Å². The molecule has 0 aliphatic carbocycles. The molecular formula is C13H22BrN3O2S. The molecule has 0 saturated heterocycles. The number of sulfonamides is 1. The number of rotatable bonds is 7. The molecule has 0 aliphatic heterocycles. The molecule has 0 amide bonds. The summed E-state index contributed by atoms with van der Waals surface area (Å²) in [6.45, 7) is 3.63. The van der Waals surface area contributed by atoms with E-state index in [2.05, 4.69) is 15.9 Å². The molecule has 0 radical (unpaired) electrons. The molecule has 0 fully saturated rings. The normalized spacial score (nSPS) is 12.3. The largest absolute Gasteiger partial charge is 0.399 e. The first-order chi connectivity index (χ1) is 9.28. The molecule has 114 valence electrons. The number of anilines is 1. The average molecular weight is 364 g/mol. The van der Waals surface area contributed by atoms with Gasteiger partial charge in [0, 0.05) is 23.2 Å². The Hall–Kier alpha value is -0.630. The zero-order valence-corrected chi connectivity index (χ0v) is 14.5. The van der Waals surface area contributed by atoms with Crippen molar-refractivity contribution in [1.82, 2.24) is 9.21 Å². The summed E-state index contributed by atoms with van der Waals surface area (Å²) in [4.78, 5) is 2.26. The van der Waals surface area contributed by atoms with E-state index in [1.165, 1.54) is 10.4 Å². The van der Waals surface area contributed by atoms with Gasteiger partial charge in [0.05, 0.1) is 4.90 Å². The van der Waals surface area contributed by atoms with Gasteiger partial charge in [-0.1, -0.05) is 6.92 Å². The van der Waals surface area contributed by atoms with E-state index in [-0.39, 0.29) is 4.90 Å². The fourth-order valence-electron chi connectivity index (χ4n) is 1.87. The van der Waals surface area contributed by atoms with E-state index in [1.807, 2.05) is 25.9 Å². The van der Waals surface area contributed by atoms with E-state index in [0.717, 1.165) is 13.0 Å². The number of hydrogen-bond donors (Lipinski definition) is 1. The van der Waals surface area contributed by atoms with Crippen LogP contribution < -0.4 is 5.73 Å². The van der Waals surface area contributed by atoms with Gasteiger partial charge in [-0.3, -0.25) is 0 Å². The van der Waals surface area contributed by atoms with Crippen LogP contribution in [0.1, 0.15) is 13.3 Å². The predicted molar refractivity (Wildman–Crippen MR) is 86.2 cm³/mol. The van der Waals surface area contributed by atoms with Gasteiger partial charge in [0.15, 0.2) is 0 Å². The second kappa shape index (κ2) is 7.40. The Morgan fingerprint density at radius 1 is 1.25 bits per heavy atom. The lowest BCUT2D eigenvalue weighted by Gasteiger charge is -2.22. The van der Waals surface area contributed by atoms with Crippen LogP contribution in [0.4, 0.5) is 5.69 Å². The molecule has 0 saturated carbocycles. The molecule has 0 aromatic heterocycles. The molecule has 5 nitrogen and oxygen atoms in total. The molecule has 7 heteroatoms. The van der Waals surface area contributed by atoms with Crippen LogP contribution in [0.15, 0.2) is 27.6 Å². The summed E-state index contributed by atoms with van der Waals surface area (Å²) in [7, 11) is 0.429. The smallest absolute Gasteiger partial charge is 0.244 e. The van der Waals surface area contributed by atoms with Gasteiger partial charge in [-0.05, 0) is 61.2 Å². The highest BCUT2D eigenvalue weighted by Crippen LogP contribution is 2.27. The molecule has 0 atom stereocenters. The van der Waals surface area contributed by atoms with Crippen LogP contribution in [0.5, 0.6) is 0 Å². The zero-order valence-electron chi connectivity index (χ0n) is 12.1. The molecule has 0 unspecified atom stereocenters. The van der Waals surface area contributed by atoms with Crippen LogP contribution in [0.25, 0.3) is 0 Å². The summed E-state index contributed by atoms with van der Waals surface area (Å²) in [5.41, 5.74) is 6.14. The maximum Gasteiger partial charge on any atom is 0.244 e. The minimum atomic E-state index is -3.51. The minimum Gasteiger partial charge on any atom is -0.399 e. The van der Waals surface area contributed by atoms with Gasteiger partial charge in [0.1, 0.15) is 0 Å². The number of nitrogens with two attached hydrogens (primary N) is 1. The standard InChI is InChI=1S/C13H22BrN3O2S/c1-4-17(9-5-8-16(2)3)20(18,19)13-10-11(15)6-7-12(13)14/h6-7,10H,4-5,8-9,15H2,1-3H3. The third-order valence-electron chi connectivity index (χ3n) is 2.94. The number of benzene rings is 1. The third-order valence-corrected chi connectivity index (χ3v) is 5.91. The van der Waals surface area contributed by atoms with E-state index in [9.17, 15) is 8.42 Å². The van der Waals surface area contributed by atoms with Gasteiger partial charge in [-0.15, -0.1) is 0 Å². The fraction of sp³-hybridized carbons (Fsp3) is 0.538. The summed E-state index contributed by atoms with van der Waals surface area (Å²) >= 11 is 3.29. The van der Waals surface area contributed by atoms with Crippen LogP contribution in [-0.4, -0.2) is 51.4 Å². The van der Waals surface area contributed by atoms with Crippen LogP contribution in [-0.2, 0) is 10.0 Å². The maximum atomic E-state index is 12.6. The number of hydrogen-bond acceptors (Lipinski definition) is 4. The molecule has 0 aliphatic rings. The quantitative estimate of drug-likeness (QED) is 0.752. The molecule has 2 N–H and O–H groups in total. The molecule has 20 heavy (non-hydrogen) atoms. The van der Waals surface area contributed by atoms with Crippen molar-refractivity contribution in [2.45, 2.75) is 18.2 Å². The Bertz CT molecular complexity index is 547. The van der Waals surface area contributed by atoms with Crippen molar-refractivity contribution in [3.8, 4) is 0 Å². The van der Waals surface area contributed by atoms with Crippen LogP contribution >= 0.6 is 15.9 Å². The van der Waals surface area contributed by atoms with Crippen LogP contribution in [0.3, 0.4) is 0 Å². The van der Waals surface area contributed by atoms with Gasteiger partial charge in [0.25, 0.3) is 0 Å².